The fourth-order valence-corrected chi connectivity index (χ4v) is 7.52. The van der Waals surface area contributed by atoms with Gasteiger partial charge in [-0.3, -0.25) is 14.4 Å². The second-order valence-electron chi connectivity index (χ2n) is 18.5. The lowest BCUT2D eigenvalue weighted by Crippen LogP contribution is -2.30. The van der Waals surface area contributed by atoms with Crippen molar-refractivity contribution < 1.29 is 28.6 Å². The molecule has 0 heterocycles. The van der Waals surface area contributed by atoms with E-state index in [9.17, 15) is 14.4 Å². The van der Waals surface area contributed by atoms with Crippen molar-refractivity contribution >= 4 is 17.9 Å². The van der Waals surface area contributed by atoms with Gasteiger partial charge in [0.25, 0.3) is 0 Å². The maximum Gasteiger partial charge on any atom is 0.306 e. The van der Waals surface area contributed by atoms with Gasteiger partial charge in [0.2, 0.25) is 0 Å². The highest BCUT2D eigenvalue weighted by molar-refractivity contribution is 5.71. The molecule has 1 atom stereocenters. The maximum absolute atomic E-state index is 12.8. The number of hydrogen-bond acceptors (Lipinski definition) is 6. The first-order valence-electron chi connectivity index (χ1n) is 28.3. The quantitative estimate of drug-likeness (QED) is 0.0199. The topological polar surface area (TPSA) is 78.9 Å². The Bertz CT molecular complexity index is 1360. The van der Waals surface area contributed by atoms with E-state index >= 15 is 0 Å². The average Bonchev–Trinajstić information content (AvgIpc) is 3.34. The Hall–Kier alpha value is -3.67. The molecular weight excluding hydrogens is 841 g/mol. The minimum absolute atomic E-state index is 0.128. The molecule has 388 valence electrons. The van der Waals surface area contributed by atoms with Gasteiger partial charge in [0, 0.05) is 19.3 Å². The second kappa shape index (κ2) is 55.9. The summed E-state index contributed by atoms with van der Waals surface area (Å²) in [5.74, 6) is -1.06. The Morgan fingerprint density at radius 1 is 0.309 bits per heavy atom. The molecule has 0 N–H and O–H groups in total. The van der Waals surface area contributed by atoms with Gasteiger partial charge in [-0.25, -0.2) is 0 Å². The normalized spacial score (nSPS) is 12.8. The van der Waals surface area contributed by atoms with Crippen molar-refractivity contribution in [3.8, 4) is 0 Å². The standard InChI is InChI=1S/C62H104O6/c1-4-7-10-13-16-19-22-25-28-31-34-37-40-43-46-49-52-55-61(64)67-58-59(57-66-60(63)54-51-48-45-42-39-36-33-30-27-24-21-18-15-12-9-6-3)68-62(65)56-53-50-47-44-41-38-35-32-29-26-23-20-17-14-11-8-5-2/h25-26,28-30,33-39,43-44,46-47,59H,4-24,27,31-32,40-42,45,48-58H2,1-3H3/b28-25-,29-26-,33-30-,37-34-,38-35-,39-36-,46-43-,47-44-. The molecule has 68 heavy (non-hydrogen) atoms. The lowest BCUT2D eigenvalue weighted by atomic mass is 10.1. The highest BCUT2D eigenvalue weighted by Gasteiger charge is 2.19. The van der Waals surface area contributed by atoms with Gasteiger partial charge in [0.05, 0.1) is 0 Å². The first kappa shape index (κ1) is 64.3. The Kier molecular flexibility index (Phi) is 52.9. The molecule has 0 aromatic carbocycles. The van der Waals surface area contributed by atoms with Crippen LogP contribution in [-0.4, -0.2) is 37.2 Å². The Morgan fingerprint density at radius 3 is 0.971 bits per heavy atom. The third-order valence-corrected chi connectivity index (χ3v) is 11.8. The third-order valence-electron chi connectivity index (χ3n) is 11.8. The molecule has 0 spiro atoms. The lowest BCUT2D eigenvalue weighted by Gasteiger charge is -2.18. The van der Waals surface area contributed by atoms with Crippen LogP contribution in [0.1, 0.15) is 258 Å². The molecule has 0 amide bonds. The number of allylic oxidation sites excluding steroid dienone is 16. The largest absolute Gasteiger partial charge is 0.462 e. The first-order valence-corrected chi connectivity index (χ1v) is 28.3. The summed E-state index contributed by atoms with van der Waals surface area (Å²) >= 11 is 0. The lowest BCUT2D eigenvalue weighted by molar-refractivity contribution is -0.167. The Balaban J connectivity index is 4.59. The fourth-order valence-electron chi connectivity index (χ4n) is 7.52. The third kappa shape index (κ3) is 53.3. The van der Waals surface area contributed by atoms with Gasteiger partial charge >= 0.3 is 17.9 Å². The van der Waals surface area contributed by atoms with E-state index in [0.717, 1.165) is 70.6 Å². The summed E-state index contributed by atoms with van der Waals surface area (Å²) in [5, 5.41) is 0. The van der Waals surface area contributed by atoms with Gasteiger partial charge in [0.15, 0.2) is 6.10 Å². The van der Waals surface area contributed by atoms with E-state index in [2.05, 4.69) is 118 Å². The van der Waals surface area contributed by atoms with Gasteiger partial charge < -0.3 is 14.2 Å². The molecule has 0 aromatic heterocycles. The molecule has 0 rings (SSSR count). The maximum atomic E-state index is 12.8. The van der Waals surface area contributed by atoms with Crippen LogP contribution in [0.4, 0.5) is 0 Å². The van der Waals surface area contributed by atoms with Crippen LogP contribution in [0.2, 0.25) is 0 Å². The van der Waals surface area contributed by atoms with Crippen molar-refractivity contribution in [3.05, 3.63) is 97.2 Å². The van der Waals surface area contributed by atoms with E-state index in [1.165, 1.54) is 135 Å². The van der Waals surface area contributed by atoms with E-state index in [0.29, 0.717) is 19.3 Å². The number of ether oxygens (including phenoxy) is 3. The number of rotatable bonds is 50. The molecule has 0 bridgehead atoms. The summed E-state index contributed by atoms with van der Waals surface area (Å²) in [6.07, 6.45) is 74.1. The zero-order valence-electron chi connectivity index (χ0n) is 44.3. The zero-order chi connectivity index (χ0) is 49.3. The molecule has 0 saturated heterocycles. The van der Waals surface area contributed by atoms with Crippen LogP contribution in [0, 0.1) is 0 Å². The smallest absolute Gasteiger partial charge is 0.306 e. The van der Waals surface area contributed by atoms with E-state index in [1.807, 2.05) is 0 Å². The van der Waals surface area contributed by atoms with Crippen molar-refractivity contribution in [3.63, 3.8) is 0 Å². The van der Waals surface area contributed by atoms with E-state index < -0.39 is 6.10 Å². The van der Waals surface area contributed by atoms with E-state index in [-0.39, 0.29) is 44.0 Å². The number of hydrogen-bond donors (Lipinski definition) is 0. The number of carbonyl (C=O) groups excluding carboxylic acids is 3. The van der Waals surface area contributed by atoms with Gasteiger partial charge in [-0.05, 0) is 109 Å². The van der Waals surface area contributed by atoms with Gasteiger partial charge in [-0.1, -0.05) is 227 Å². The van der Waals surface area contributed by atoms with Crippen molar-refractivity contribution in [2.75, 3.05) is 13.2 Å². The van der Waals surface area contributed by atoms with Crippen LogP contribution in [-0.2, 0) is 28.6 Å². The highest BCUT2D eigenvalue weighted by atomic mass is 16.6. The van der Waals surface area contributed by atoms with Crippen LogP contribution in [0.25, 0.3) is 0 Å². The predicted molar refractivity (Wildman–Crippen MR) is 293 cm³/mol. The van der Waals surface area contributed by atoms with Gasteiger partial charge in [0.1, 0.15) is 13.2 Å². The summed E-state index contributed by atoms with van der Waals surface area (Å²) in [5.41, 5.74) is 0. The molecular formula is C62H104O6. The zero-order valence-corrected chi connectivity index (χ0v) is 44.3. The molecule has 6 heteroatoms. The minimum Gasteiger partial charge on any atom is -0.462 e. The molecule has 0 aliphatic heterocycles. The molecule has 6 nitrogen and oxygen atoms in total. The fraction of sp³-hybridized carbons (Fsp3) is 0.694. The molecule has 0 aliphatic rings. The predicted octanol–water partition coefficient (Wildman–Crippen LogP) is 18.9. The molecule has 0 saturated carbocycles. The summed E-state index contributed by atoms with van der Waals surface area (Å²) in [7, 11) is 0. The number of carbonyl (C=O) groups is 3. The number of unbranched alkanes of at least 4 members (excludes halogenated alkanes) is 24. The molecule has 0 aromatic rings. The van der Waals surface area contributed by atoms with E-state index in [4.69, 9.17) is 14.2 Å². The average molecular weight is 946 g/mol. The van der Waals surface area contributed by atoms with E-state index in [1.54, 1.807) is 0 Å². The van der Waals surface area contributed by atoms with Crippen LogP contribution >= 0.6 is 0 Å². The molecule has 0 radical (unpaired) electrons. The Labute approximate surface area is 419 Å². The SMILES string of the molecule is CCCCCCCC/C=C\C/C=C\C/C=C\CCCC(=O)OCC(COC(=O)CCCCC/C=C\C=C/CCCCCCCCC)OC(=O)CCC/C=C\C/C=C\C/C=C\CCCCCCCC. The van der Waals surface area contributed by atoms with Crippen molar-refractivity contribution in [1.29, 1.82) is 0 Å². The summed E-state index contributed by atoms with van der Waals surface area (Å²) in [4.78, 5) is 38.1. The second-order valence-corrected chi connectivity index (χ2v) is 18.5. The first-order chi connectivity index (χ1) is 33.5. The number of esters is 3. The summed E-state index contributed by atoms with van der Waals surface area (Å²) in [6.45, 7) is 6.51. The van der Waals surface area contributed by atoms with Gasteiger partial charge in [-0.15, -0.1) is 0 Å². The van der Waals surface area contributed by atoms with Crippen LogP contribution < -0.4 is 0 Å². The minimum atomic E-state index is -0.836. The van der Waals surface area contributed by atoms with Crippen LogP contribution in [0.5, 0.6) is 0 Å². The summed E-state index contributed by atoms with van der Waals surface area (Å²) < 4.78 is 16.7. The highest BCUT2D eigenvalue weighted by Crippen LogP contribution is 2.12. The molecule has 0 fully saturated rings. The molecule has 0 aliphatic carbocycles. The monoisotopic (exact) mass is 945 g/mol. The van der Waals surface area contributed by atoms with Crippen molar-refractivity contribution in [1.82, 2.24) is 0 Å². The summed E-state index contributed by atoms with van der Waals surface area (Å²) in [6, 6.07) is 0. The van der Waals surface area contributed by atoms with Crippen LogP contribution in [0.3, 0.4) is 0 Å². The molecule has 1 unspecified atom stereocenters. The Morgan fingerprint density at radius 2 is 0.588 bits per heavy atom. The van der Waals surface area contributed by atoms with Crippen molar-refractivity contribution in [2.45, 2.75) is 264 Å². The van der Waals surface area contributed by atoms with Crippen molar-refractivity contribution in [2.24, 2.45) is 0 Å². The van der Waals surface area contributed by atoms with Crippen LogP contribution in [0.15, 0.2) is 97.2 Å². The van der Waals surface area contributed by atoms with Gasteiger partial charge in [-0.2, -0.15) is 0 Å².